The minimum absolute atomic E-state index is 0.126. The van der Waals surface area contributed by atoms with E-state index >= 15 is 0 Å². The molecule has 1 aliphatic carbocycles. The molecule has 0 unspecified atom stereocenters. The van der Waals surface area contributed by atoms with Crippen molar-refractivity contribution < 1.29 is 22.7 Å². The van der Waals surface area contributed by atoms with E-state index in [1.807, 2.05) is 6.92 Å². The van der Waals surface area contributed by atoms with Crippen molar-refractivity contribution in [2.45, 2.75) is 25.8 Å². The van der Waals surface area contributed by atoms with Crippen molar-refractivity contribution in [3.05, 3.63) is 29.8 Å². The van der Waals surface area contributed by atoms with E-state index in [1.165, 1.54) is 0 Å². The topological polar surface area (TPSA) is 96.0 Å². The quantitative estimate of drug-likeness (QED) is 0.750. The third kappa shape index (κ3) is 4.66. The summed E-state index contributed by atoms with van der Waals surface area (Å²) in [6, 6.07) is 6.15. The number of hydrogen-bond donors (Lipinski definition) is 2. The summed E-state index contributed by atoms with van der Waals surface area (Å²) < 4.78 is 28.9. The summed E-state index contributed by atoms with van der Waals surface area (Å²) in [6.07, 6.45) is 1.95. The number of carbonyl (C=O) groups is 2. The van der Waals surface area contributed by atoms with Gasteiger partial charge < -0.3 is 14.5 Å². The van der Waals surface area contributed by atoms with E-state index in [0.29, 0.717) is 43.4 Å². The maximum atomic E-state index is 12.7. The zero-order chi connectivity index (χ0) is 18.7. The molecule has 1 N–H and O–H groups in total. The first-order valence-electron chi connectivity index (χ1n) is 8.68. The molecule has 1 saturated carbocycles. The van der Waals surface area contributed by atoms with Gasteiger partial charge in [-0.05, 0) is 49.9 Å². The van der Waals surface area contributed by atoms with Gasteiger partial charge in [0.2, 0.25) is 10.9 Å². The second-order valence-electron chi connectivity index (χ2n) is 6.76. The van der Waals surface area contributed by atoms with E-state index in [4.69, 9.17) is 4.74 Å². The SMILES string of the molecule is C[C@H]1CN(C(=O)OCC2CC2)CCN1C(=O)c1ccc(N[SH](=O)=O)cc1. The Morgan fingerprint density at radius 1 is 1.19 bits per heavy atom. The smallest absolute Gasteiger partial charge is 0.409 e. The van der Waals surface area contributed by atoms with Gasteiger partial charge >= 0.3 is 6.09 Å². The number of anilines is 1. The van der Waals surface area contributed by atoms with Crippen LogP contribution in [0.25, 0.3) is 0 Å². The number of piperazine rings is 1. The van der Waals surface area contributed by atoms with Gasteiger partial charge in [0.05, 0.1) is 6.61 Å². The maximum Gasteiger partial charge on any atom is 0.409 e. The van der Waals surface area contributed by atoms with Crippen LogP contribution in [0.3, 0.4) is 0 Å². The summed E-state index contributed by atoms with van der Waals surface area (Å²) >= 11 is 0. The fourth-order valence-corrected chi connectivity index (χ4v) is 3.31. The van der Waals surface area contributed by atoms with Crippen LogP contribution in [0.5, 0.6) is 0 Å². The Labute approximate surface area is 154 Å². The fourth-order valence-electron chi connectivity index (χ4n) is 2.95. The second kappa shape index (κ2) is 7.94. The molecule has 9 heteroatoms. The molecule has 142 valence electrons. The van der Waals surface area contributed by atoms with E-state index in [-0.39, 0.29) is 18.0 Å². The summed E-state index contributed by atoms with van der Waals surface area (Å²) in [5.74, 6) is 0.387. The molecular formula is C17H23N3O5S. The molecule has 1 heterocycles. The molecule has 1 aromatic rings. The number of rotatable bonds is 5. The minimum Gasteiger partial charge on any atom is -0.449 e. The molecule has 2 aliphatic rings. The summed E-state index contributed by atoms with van der Waals surface area (Å²) in [4.78, 5) is 28.2. The van der Waals surface area contributed by atoms with Gasteiger partial charge in [-0.3, -0.25) is 9.52 Å². The van der Waals surface area contributed by atoms with Crippen LogP contribution in [0.15, 0.2) is 24.3 Å². The molecular weight excluding hydrogens is 358 g/mol. The van der Waals surface area contributed by atoms with Crippen LogP contribution >= 0.6 is 0 Å². The summed E-state index contributed by atoms with van der Waals surface area (Å²) in [6.45, 7) is 3.70. The summed E-state index contributed by atoms with van der Waals surface area (Å²) in [5, 5.41) is 0. The molecule has 0 spiro atoms. The number of ether oxygens (including phenoxy) is 1. The van der Waals surface area contributed by atoms with Crippen LogP contribution in [0.4, 0.5) is 10.5 Å². The molecule has 0 bridgehead atoms. The highest BCUT2D eigenvalue weighted by Crippen LogP contribution is 2.29. The molecule has 3 rings (SSSR count). The predicted octanol–water partition coefficient (Wildman–Crippen LogP) is 1.32. The van der Waals surface area contributed by atoms with E-state index in [0.717, 1.165) is 12.8 Å². The van der Waals surface area contributed by atoms with Gasteiger partial charge in [0.15, 0.2) is 0 Å². The normalized spacial score (nSPS) is 20.2. The fraction of sp³-hybridized carbons (Fsp3) is 0.529. The zero-order valence-electron chi connectivity index (χ0n) is 14.6. The highest BCUT2D eigenvalue weighted by molar-refractivity contribution is 7.73. The number of nitrogens with one attached hydrogen (secondary N) is 1. The van der Waals surface area contributed by atoms with E-state index < -0.39 is 10.9 Å². The van der Waals surface area contributed by atoms with Gasteiger partial charge in [0.1, 0.15) is 0 Å². The Morgan fingerprint density at radius 2 is 1.88 bits per heavy atom. The number of benzene rings is 1. The first kappa shape index (κ1) is 18.5. The average Bonchev–Trinajstić information content (AvgIpc) is 3.43. The van der Waals surface area contributed by atoms with E-state index in [1.54, 1.807) is 34.1 Å². The zero-order valence-corrected chi connectivity index (χ0v) is 15.5. The summed E-state index contributed by atoms with van der Waals surface area (Å²) in [5.41, 5.74) is 0.891. The Morgan fingerprint density at radius 3 is 2.46 bits per heavy atom. The van der Waals surface area contributed by atoms with Crippen LogP contribution in [-0.4, -0.2) is 62.5 Å². The molecule has 1 atom stereocenters. The standard InChI is InChI=1S/C17H23N3O5S/c1-12-10-19(17(22)25-11-13-2-3-13)8-9-20(12)16(21)14-4-6-15(7-5-14)18-26(23)24/h4-7,12-13,26H,2-3,8-11H2,1H3,(H,18,23,24)/t12-/m0/s1. The lowest BCUT2D eigenvalue weighted by Gasteiger charge is -2.39. The van der Waals surface area contributed by atoms with Gasteiger partial charge in [0.25, 0.3) is 5.91 Å². The molecule has 1 saturated heterocycles. The molecule has 8 nitrogen and oxygen atoms in total. The molecule has 2 fully saturated rings. The van der Waals surface area contributed by atoms with Crippen LogP contribution in [-0.2, 0) is 15.6 Å². The number of amides is 2. The monoisotopic (exact) mass is 381 g/mol. The third-order valence-electron chi connectivity index (χ3n) is 4.64. The maximum absolute atomic E-state index is 12.7. The van der Waals surface area contributed by atoms with Crippen molar-refractivity contribution in [1.82, 2.24) is 9.80 Å². The van der Waals surface area contributed by atoms with Crippen LogP contribution in [0.2, 0.25) is 0 Å². The second-order valence-corrected chi connectivity index (χ2v) is 7.50. The van der Waals surface area contributed by atoms with Gasteiger partial charge in [-0.15, -0.1) is 0 Å². The van der Waals surface area contributed by atoms with E-state index in [9.17, 15) is 18.0 Å². The molecule has 1 aliphatic heterocycles. The van der Waals surface area contributed by atoms with Crippen molar-refractivity contribution in [1.29, 1.82) is 0 Å². The highest BCUT2D eigenvalue weighted by atomic mass is 32.2. The Balaban J connectivity index is 1.56. The van der Waals surface area contributed by atoms with Crippen molar-refractivity contribution in [2.75, 3.05) is 31.0 Å². The average molecular weight is 381 g/mol. The Bertz CT molecular complexity index is 737. The number of carbonyl (C=O) groups excluding carboxylic acids is 2. The van der Waals surface area contributed by atoms with Crippen molar-refractivity contribution in [3.8, 4) is 0 Å². The van der Waals surface area contributed by atoms with E-state index in [2.05, 4.69) is 4.72 Å². The summed E-state index contributed by atoms with van der Waals surface area (Å²) in [7, 11) is -2.73. The molecule has 0 aromatic heterocycles. The lowest BCUT2D eigenvalue weighted by molar-refractivity contribution is 0.0404. The molecule has 2 amide bonds. The minimum atomic E-state index is -2.73. The molecule has 0 radical (unpaired) electrons. The van der Waals surface area contributed by atoms with Gasteiger partial charge in [-0.2, -0.15) is 0 Å². The van der Waals surface area contributed by atoms with Gasteiger partial charge in [-0.25, -0.2) is 13.2 Å². The van der Waals surface area contributed by atoms with Crippen LogP contribution in [0, 0.1) is 5.92 Å². The van der Waals surface area contributed by atoms with Crippen molar-refractivity contribution >= 4 is 28.6 Å². The Hall–Kier alpha value is -2.29. The lowest BCUT2D eigenvalue weighted by atomic mass is 10.1. The van der Waals surface area contributed by atoms with Gasteiger partial charge in [0, 0.05) is 36.9 Å². The predicted molar refractivity (Wildman–Crippen MR) is 96.5 cm³/mol. The first-order chi connectivity index (χ1) is 12.4. The number of hydrogen-bond acceptors (Lipinski definition) is 5. The largest absolute Gasteiger partial charge is 0.449 e. The first-order valence-corrected chi connectivity index (χ1v) is 9.85. The third-order valence-corrected chi connectivity index (χ3v) is 5.08. The molecule has 26 heavy (non-hydrogen) atoms. The van der Waals surface area contributed by atoms with Crippen molar-refractivity contribution in [3.63, 3.8) is 0 Å². The molecule has 1 aromatic carbocycles. The number of thiol groups is 1. The van der Waals surface area contributed by atoms with Crippen molar-refractivity contribution in [2.24, 2.45) is 5.92 Å². The Kier molecular flexibility index (Phi) is 5.65. The lowest BCUT2D eigenvalue weighted by Crippen LogP contribution is -2.55. The van der Waals surface area contributed by atoms with Crippen LogP contribution in [0.1, 0.15) is 30.1 Å². The van der Waals surface area contributed by atoms with Gasteiger partial charge in [-0.1, -0.05) is 0 Å². The highest BCUT2D eigenvalue weighted by Gasteiger charge is 2.32. The number of nitrogens with zero attached hydrogens (tertiary/aromatic N) is 2. The van der Waals surface area contributed by atoms with Crippen LogP contribution < -0.4 is 4.72 Å².